The van der Waals surface area contributed by atoms with Crippen LogP contribution in [0, 0.1) is 0 Å². The van der Waals surface area contributed by atoms with Crippen LogP contribution in [0.3, 0.4) is 0 Å². The Bertz CT molecular complexity index is 329. The highest BCUT2D eigenvalue weighted by atomic mass is 16.1. The molecule has 3 rings (SSSR count). The van der Waals surface area contributed by atoms with Gasteiger partial charge in [0, 0.05) is 37.1 Å². The third-order valence-corrected chi connectivity index (χ3v) is 5.16. The van der Waals surface area contributed by atoms with Crippen LogP contribution >= 0.6 is 0 Å². The molecule has 2 saturated heterocycles. The molecular weight excluding hydrogens is 250 g/mol. The number of fused-ring (bicyclic) bond motifs is 2. The molecule has 0 spiro atoms. The minimum absolute atomic E-state index is 0.263. The lowest BCUT2D eigenvalue weighted by atomic mass is 9.81. The van der Waals surface area contributed by atoms with E-state index in [2.05, 4.69) is 22.5 Å². The minimum atomic E-state index is 0.263. The molecule has 2 aliphatic heterocycles. The summed E-state index contributed by atoms with van der Waals surface area (Å²) >= 11 is 0. The van der Waals surface area contributed by atoms with Crippen LogP contribution in [-0.4, -0.2) is 48.1 Å². The molecule has 3 fully saturated rings. The van der Waals surface area contributed by atoms with E-state index >= 15 is 0 Å². The monoisotopic (exact) mass is 279 g/mol. The van der Waals surface area contributed by atoms with Gasteiger partial charge in [-0.25, -0.2) is 0 Å². The Balaban J connectivity index is 1.49. The Hall–Kier alpha value is -0.610. The first-order valence-corrected chi connectivity index (χ1v) is 8.54. The summed E-state index contributed by atoms with van der Waals surface area (Å²) < 4.78 is 0. The number of nitrogens with zero attached hydrogens (tertiary/aromatic N) is 1. The van der Waals surface area contributed by atoms with E-state index in [9.17, 15) is 4.79 Å². The van der Waals surface area contributed by atoms with Crippen LogP contribution < -0.4 is 10.6 Å². The molecule has 2 heterocycles. The van der Waals surface area contributed by atoms with Gasteiger partial charge in [0.1, 0.15) is 0 Å². The van der Waals surface area contributed by atoms with Gasteiger partial charge in [-0.2, -0.15) is 0 Å². The van der Waals surface area contributed by atoms with Crippen molar-refractivity contribution in [2.45, 2.75) is 82.5 Å². The van der Waals surface area contributed by atoms with Crippen LogP contribution in [0.1, 0.15) is 58.3 Å². The average Bonchev–Trinajstić information content (AvgIpc) is 3.20. The molecule has 4 nitrogen and oxygen atoms in total. The second-order valence-corrected chi connectivity index (χ2v) is 6.79. The highest BCUT2D eigenvalue weighted by Crippen LogP contribution is 2.34. The maximum absolute atomic E-state index is 11.9. The molecule has 2 unspecified atom stereocenters. The third-order valence-electron chi connectivity index (χ3n) is 5.16. The van der Waals surface area contributed by atoms with Crippen LogP contribution in [0.2, 0.25) is 0 Å². The molecule has 114 valence electrons. The Morgan fingerprint density at radius 3 is 2.40 bits per heavy atom. The number of nitrogens with one attached hydrogen (secondary N) is 2. The average molecular weight is 279 g/mol. The smallest absolute Gasteiger partial charge is 0.221 e. The molecule has 1 amide bonds. The summed E-state index contributed by atoms with van der Waals surface area (Å²) in [7, 11) is 0. The number of carbonyl (C=O) groups is 1. The van der Waals surface area contributed by atoms with E-state index < -0.39 is 0 Å². The van der Waals surface area contributed by atoms with Crippen molar-refractivity contribution in [3.8, 4) is 0 Å². The molecule has 2 N–H and O–H groups in total. The predicted octanol–water partition coefficient (Wildman–Crippen LogP) is 1.65. The first kappa shape index (κ1) is 14.3. The zero-order valence-corrected chi connectivity index (χ0v) is 12.7. The molecule has 1 aliphatic carbocycles. The van der Waals surface area contributed by atoms with Gasteiger partial charge in [0.05, 0.1) is 0 Å². The maximum atomic E-state index is 11.9. The van der Waals surface area contributed by atoms with Crippen molar-refractivity contribution in [1.29, 1.82) is 0 Å². The summed E-state index contributed by atoms with van der Waals surface area (Å²) in [5.74, 6) is 0.263. The van der Waals surface area contributed by atoms with Crippen molar-refractivity contribution in [3.63, 3.8) is 0 Å². The van der Waals surface area contributed by atoms with Gasteiger partial charge in [0.2, 0.25) is 5.91 Å². The van der Waals surface area contributed by atoms with Gasteiger partial charge >= 0.3 is 0 Å². The Morgan fingerprint density at radius 1 is 1.10 bits per heavy atom. The first-order chi connectivity index (χ1) is 9.76. The van der Waals surface area contributed by atoms with E-state index in [1.54, 1.807) is 0 Å². The fourth-order valence-corrected chi connectivity index (χ4v) is 4.06. The molecule has 0 radical (unpaired) electrons. The predicted molar refractivity (Wildman–Crippen MR) is 80.6 cm³/mol. The zero-order chi connectivity index (χ0) is 13.9. The van der Waals surface area contributed by atoms with E-state index in [1.165, 1.54) is 44.9 Å². The Morgan fingerprint density at radius 2 is 1.80 bits per heavy atom. The summed E-state index contributed by atoms with van der Waals surface area (Å²) in [5, 5.41) is 6.74. The van der Waals surface area contributed by atoms with Gasteiger partial charge in [-0.15, -0.1) is 0 Å². The second-order valence-electron chi connectivity index (χ2n) is 6.79. The third kappa shape index (κ3) is 3.53. The number of carbonyl (C=O) groups excluding carboxylic acids is 1. The van der Waals surface area contributed by atoms with Crippen LogP contribution in [0.4, 0.5) is 0 Å². The van der Waals surface area contributed by atoms with Gasteiger partial charge in [-0.1, -0.05) is 13.3 Å². The lowest BCUT2D eigenvalue weighted by molar-refractivity contribution is -0.122. The van der Waals surface area contributed by atoms with Crippen molar-refractivity contribution < 1.29 is 4.79 Å². The summed E-state index contributed by atoms with van der Waals surface area (Å²) in [4.78, 5) is 14.5. The lowest BCUT2D eigenvalue weighted by Crippen LogP contribution is -2.56. The highest BCUT2D eigenvalue weighted by Gasteiger charge is 2.37. The van der Waals surface area contributed by atoms with E-state index in [4.69, 9.17) is 0 Å². The normalized spacial score (nSPS) is 34.0. The van der Waals surface area contributed by atoms with Crippen molar-refractivity contribution in [3.05, 3.63) is 0 Å². The van der Waals surface area contributed by atoms with E-state index in [1.807, 2.05) is 0 Å². The van der Waals surface area contributed by atoms with Gasteiger partial charge in [0.25, 0.3) is 0 Å². The van der Waals surface area contributed by atoms with Gasteiger partial charge in [0.15, 0.2) is 0 Å². The van der Waals surface area contributed by atoms with Crippen LogP contribution in [0.15, 0.2) is 0 Å². The van der Waals surface area contributed by atoms with Crippen LogP contribution in [0.25, 0.3) is 0 Å². The molecule has 20 heavy (non-hydrogen) atoms. The summed E-state index contributed by atoms with van der Waals surface area (Å²) in [5.41, 5.74) is 0. The zero-order valence-electron chi connectivity index (χ0n) is 12.7. The summed E-state index contributed by atoms with van der Waals surface area (Å²) in [6.07, 6.45) is 9.62. The topological polar surface area (TPSA) is 44.4 Å². The Labute approximate surface area is 122 Å². The molecule has 4 heteroatoms. The minimum Gasteiger partial charge on any atom is -0.353 e. The highest BCUT2D eigenvalue weighted by molar-refractivity contribution is 5.76. The quantitative estimate of drug-likeness (QED) is 0.777. The first-order valence-electron chi connectivity index (χ1n) is 8.54. The number of hydrogen-bond donors (Lipinski definition) is 2. The number of rotatable bonds is 6. The maximum Gasteiger partial charge on any atom is 0.221 e. The molecule has 2 bridgehead atoms. The molecule has 0 aromatic carbocycles. The summed E-state index contributed by atoms with van der Waals surface area (Å²) in [6.45, 7) is 4.24. The van der Waals surface area contributed by atoms with E-state index in [-0.39, 0.29) is 5.91 Å². The van der Waals surface area contributed by atoms with Crippen molar-refractivity contribution >= 4 is 5.91 Å². The SMILES string of the molecule is CCNC1CC2CCCC(C1)N2CCC(=O)NC1CC1. The van der Waals surface area contributed by atoms with Gasteiger partial charge in [-0.3, -0.25) is 9.69 Å². The van der Waals surface area contributed by atoms with E-state index in [0.29, 0.717) is 30.6 Å². The van der Waals surface area contributed by atoms with Crippen LogP contribution in [0.5, 0.6) is 0 Å². The molecule has 0 aromatic rings. The molecule has 0 aromatic heterocycles. The molecule has 1 saturated carbocycles. The standard InChI is InChI=1S/C16H29N3O/c1-2-17-13-10-14-4-3-5-15(11-13)19(14)9-8-16(20)18-12-6-7-12/h12-15,17H,2-11H2,1H3,(H,18,20). The molecule has 2 atom stereocenters. The summed E-state index contributed by atoms with van der Waals surface area (Å²) in [6, 6.07) is 2.62. The largest absolute Gasteiger partial charge is 0.353 e. The van der Waals surface area contributed by atoms with Crippen molar-refractivity contribution in [2.24, 2.45) is 0 Å². The number of hydrogen-bond acceptors (Lipinski definition) is 3. The van der Waals surface area contributed by atoms with Crippen molar-refractivity contribution in [2.75, 3.05) is 13.1 Å². The van der Waals surface area contributed by atoms with Crippen LogP contribution in [-0.2, 0) is 4.79 Å². The fourth-order valence-electron chi connectivity index (χ4n) is 4.06. The van der Waals surface area contributed by atoms with Gasteiger partial charge in [-0.05, 0) is 45.1 Å². The van der Waals surface area contributed by atoms with E-state index in [0.717, 1.165) is 13.1 Å². The number of piperidine rings is 2. The molecule has 3 aliphatic rings. The molecular formula is C16H29N3O. The lowest BCUT2D eigenvalue weighted by Gasteiger charge is -2.49. The number of amides is 1. The van der Waals surface area contributed by atoms with Gasteiger partial charge < -0.3 is 10.6 Å². The fraction of sp³-hybridized carbons (Fsp3) is 0.938. The second kappa shape index (κ2) is 6.44. The van der Waals surface area contributed by atoms with Crippen molar-refractivity contribution in [1.82, 2.24) is 15.5 Å². The Kier molecular flexibility index (Phi) is 4.61.